The third-order valence-corrected chi connectivity index (χ3v) is 3.44. The molecular formula is C17H30N2O2. The summed E-state index contributed by atoms with van der Waals surface area (Å²) in [5.41, 5.74) is 7.85. The molecule has 0 aliphatic heterocycles. The fourth-order valence-corrected chi connectivity index (χ4v) is 2.21. The summed E-state index contributed by atoms with van der Waals surface area (Å²) in [6.45, 7) is 7.09. The van der Waals surface area contributed by atoms with Gasteiger partial charge in [-0.2, -0.15) is 0 Å². The van der Waals surface area contributed by atoms with Crippen LogP contribution in [0.3, 0.4) is 0 Å². The predicted molar refractivity (Wildman–Crippen MR) is 88.9 cm³/mol. The van der Waals surface area contributed by atoms with Gasteiger partial charge in [-0.3, -0.25) is 0 Å². The quantitative estimate of drug-likeness (QED) is 0.486. The highest BCUT2D eigenvalue weighted by Crippen LogP contribution is 2.22. The molecule has 0 saturated carbocycles. The van der Waals surface area contributed by atoms with Crippen LogP contribution in [0.25, 0.3) is 0 Å². The van der Waals surface area contributed by atoms with E-state index in [4.69, 9.17) is 15.2 Å². The zero-order chi connectivity index (χ0) is 15.5. The van der Waals surface area contributed by atoms with Crippen LogP contribution in [0.1, 0.15) is 38.7 Å². The number of hydrogen-bond donors (Lipinski definition) is 2. The first-order valence-electron chi connectivity index (χ1n) is 7.90. The van der Waals surface area contributed by atoms with Gasteiger partial charge in [0.2, 0.25) is 0 Å². The first-order valence-corrected chi connectivity index (χ1v) is 7.90. The lowest BCUT2D eigenvalue weighted by molar-refractivity contribution is 0.128. The first-order chi connectivity index (χ1) is 10.2. The van der Waals surface area contributed by atoms with Crippen molar-refractivity contribution in [2.24, 2.45) is 0 Å². The average Bonchev–Trinajstić information content (AvgIpc) is 2.46. The van der Waals surface area contributed by atoms with Crippen molar-refractivity contribution in [2.75, 3.05) is 32.6 Å². The van der Waals surface area contributed by atoms with Crippen molar-refractivity contribution in [3.8, 4) is 5.75 Å². The fourth-order valence-electron chi connectivity index (χ4n) is 2.21. The van der Waals surface area contributed by atoms with Crippen LogP contribution in [-0.4, -0.2) is 32.9 Å². The van der Waals surface area contributed by atoms with E-state index in [2.05, 4.69) is 25.2 Å². The Morgan fingerprint density at radius 2 is 2.00 bits per heavy atom. The zero-order valence-corrected chi connectivity index (χ0v) is 13.7. The molecule has 0 aromatic heterocycles. The highest BCUT2D eigenvalue weighted by atomic mass is 16.5. The Bertz CT molecular complexity index is 396. The van der Waals surface area contributed by atoms with Crippen LogP contribution in [0.2, 0.25) is 0 Å². The van der Waals surface area contributed by atoms with Gasteiger partial charge < -0.3 is 20.5 Å². The SMILES string of the molecule is CCCCOCCCNC(C)Cc1ccc(OC)c(N)c1. The van der Waals surface area contributed by atoms with E-state index in [1.807, 2.05) is 12.1 Å². The van der Waals surface area contributed by atoms with Gasteiger partial charge in [-0.1, -0.05) is 19.4 Å². The van der Waals surface area contributed by atoms with Gasteiger partial charge in [0.1, 0.15) is 5.75 Å². The minimum Gasteiger partial charge on any atom is -0.495 e. The lowest BCUT2D eigenvalue weighted by Crippen LogP contribution is -2.29. The summed E-state index contributed by atoms with van der Waals surface area (Å²) in [6, 6.07) is 6.42. The number of rotatable bonds is 11. The highest BCUT2D eigenvalue weighted by Gasteiger charge is 2.05. The highest BCUT2D eigenvalue weighted by molar-refractivity contribution is 5.54. The van der Waals surface area contributed by atoms with E-state index < -0.39 is 0 Å². The number of ether oxygens (including phenoxy) is 2. The Morgan fingerprint density at radius 1 is 1.24 bits per heavy atom. The monoisotopic (exact) mass is 294 g/mol. The number of hydrogen-bond acceptors (Lipinski definition) is 4. The van der Waals surface area contributed by atoms with Crippen LogP contribution in [-0.2, 0) is 11.2 Å². The van der Waals surface area contributed by atoms with E-state index in [-0.39, 0.29) is 0 Å². The van der Waals surface area contributed by atoms with Crippen LogP contribution in [0.4, 0.5) is 5.69 Å². The Morgan fingerprint density at radius 3 is 2.67 bits per heavy atom. The second-order valence-electron chi connectivity index (χ2n) is 5.46. The van der Waals surface area contributed by atoms with Crippen molar-refractivity contribution in [2.45, 2.75) is 45.6 Å². The van der Waals surface area contributed by atoms with Crippen molar-refractivity contribution in [3.05, 3.63) is 23.8 Å². The maximum atomic E-state index is 5.93. The Balaban J connectivity index is 2.18. The lowest BCUT2D eigenvalue weighted by Gasteiger charge is -2.15. The fraction of sp³-hybridized carbons (Fsp3) is 0.647. The van der Waals surface area contributed by atoms with Gasteiger partial charge in [0, 0.05) is 19.3 Å². The molecule has 0 spiro atoms. The molecule has 4 nitrogen and oxygen atoms in total. The Kier molecular flexibility index (Phi) is 8.87. The molecule has 1 atom stereocenters. The van der Waals surface area contributed by atoms with Crippen molar-refractivity contribution in [3.63, 3.8) is 0 Å². The molecule has 0 amide bonds. The second kappa shape index (κ2) is 10.5. The molecule has 0 aliphatic carbocycles. The summed E-state index contributed by atoms with van der Waals surface area (Å²) in [4.78, 5) is 0. The molecule has 1 aromatic rings. The number of nitrogens with two attached hydrogens (primary N) is 1. The summed E-state index contributed by atoms with van der Waals surface area (Å²) in [7, 11) is 1.64. The van der Waals surface area contributed by atoms with Gasteiger partial charge in [0.05, 0.1) is 12.8 Å². The largest absolute Gasteiger partial charge is 0.495 e. The van der Waals surface area contributed by atoms with Crippen LogP contribution < -0.4 is 15.8 Å². The molecule has 0 radical (unpaired) electrons. The Hall–Kier alpha value is -1.26. The van der Waals surface area contributed by atoms with E-state index in [0.29, 0.717) is 11.7 Å². The third-order valence-electron chi connectivity index (χ3n) is 3.44. The smallest absolute Gasteiger partial charge is 0.141 e. The molecule has 1 rings (SSSR count). The van der Waals surface area contributed by atoms with E-state index >= 15 is 0 Å². The minimum absolute atomic E-state index is 0.424. The maximum Gasteiger partial charge on any atom is 0.141 e. The van der Waals surface area contributed by atoms with Gasteiger partial charge in [-0.05, 0) is 50.4 Å². The molecule has 0 bridgehead atoms. The van der Waals surface area contributed by atoms with Crippen molar-refractivity contribution >= 4 is 5.69 Å². The number of benzene rings is 1. The molecule has 3 N–H and O–H groups in total. The van der Waals surface area contributed by atoms with Crippen LogP contribution >= 0.6 is 0 Å². The van der Waals surface area contributed by atoms with E-state index in [9.17, 15) is 0 Å². The first kappa shape index (κ1) is 17.8. The molecule has 0 aliphatic rings. The summed E-state index contributed by atoms with van der Waals surface area (Å²) in [5.74, 6) is 0.739. The third kappa shape index (κ3) is 7.34. The molecule has 0 heterocycles. The summed E-state index contributed by atoms with van der Waals surface area (Å²) < 4.78 is 10.7. The molecule has 4 heteroatoms. The number of anilines is 1. The van der Waals surface area contributed by atoms with Gasteiger partial charge in [0.15, 0.2) is 0 Å². The predicted octanol–water partition coefficient (Wildman–Crippen LogP) is 3.00. The van der Waals surface area contributed by atoms with Crippen molar-refractivity contribution in [1.29, 1.82) is 0 Å². The number of unbranched alkanes of at least 4 members (excludes halogenated alkanes) is 1. The van der Waals surface area contributed by atoms with Crippen molar-refractivity contribution in [1.82, 2.24) is 5.32 Å². The van der Waals surface area contributed by atoms with Gasteiger partial charge in [0.25, 0.3) is 0 Å². The molecule has 1 unspecified atom stereocenters. The van der Waals surface area contributed by atoms with Gasteiger partial charge in [-0.25, -0.2) is 0 Å². The van der Waals surface area contributed by atoms with Crippen molar-refractivity contribution < 1.29 is 9.47 Å². The second-order valence-corrected chi connectivity index (χ2v) is 5.46. The van der Waals surface area contributed by atoms with E-state index in [1.54, 1.807) is 7.11 Å². The number of nitrogens with one attached hydrogen (secondary N) is 1. The Labute approximate surface area is 129 Å². The summed E-state index contributed by atoms with van der Waals surface area (Å²) in [6.07, 6.45) is 4.37. The summed E-state index contributed by atoms with van der Waals surface area (Å²) in [5, 5.41) is 3.52. The molecular weight excluding hydrogens is 264 g/mol. The van der Waals surface area contributed by atoms with E-state index in [0.717, 1.165) is 44.8 Å². The molecule has 21 heavy (non-hydrogen) atoms. The normalized spacial score (nSPS) is 12.3. The maximum absolute atomic E-state index is 5.93. The average molecular weight is 294 g/mol. The standard InChI is InChI=1S/C17H30N2O2/c1-4-5-10-21-11-6-9-19-14(2)12-15-7-8-17(20-3)16(18)13-15/h7-8,13-14,19H,4-6,9-12,18H2,1-3H3. The van der Waals surface area contributed by atoms with Crippen LogP contribution in [0.5, 0.6) is 5.75 Å². The van der Waals surface area contributed by atoms with E-state index in [1.165, 1.54) is 12.0 Å². The van der Waals surface area contributed by atoms with Crippen LogP contribution in [0, 0.1) is 0 Å². The molecule has 0 saturated heterocycles. The minimum atomic E-state index is 0.424. The zero-order valence-electron chi connectivity index (χ0n) is 13.7. The number of nitrogen functional groups attached to an aromatic ring is 1. The lowest BCUT2D eigenvalue weighted by atomic mass is 10.1. The van der Waals surface area contributed by atoms with Gasteiger partial charge in [-0.15, -0.1) is 0 Å². The van der Waals surface area contributed by atoms with Crippen LogP contribution in [0.15, 0.2) is 18.2 Å². The molecule has 120 valence electrons. The topological polar surface area (TPSA) is 56.5 Å². The molecule has 1 aromatic carbocycles. The number of methoxy groups -OCH3 is 1. The molecule has 0 fully saturated rings. The van der Waals surface area contributed by atoms with Gasteiger partial charge >= 0.3 is 0 Å². The summed E-state index contributed by atoms with van der Waals surface area (Å²) >= 11 is 0.